The van der Waals surface area contributed by atoms with Gasteiger partial charge < -0.3 is 14.5 Å². The zero-order chi connectivity index (χ0) is 21.0. The highest BCUT2D eigenvalue weighted by atomic mass is 32.2. The van der Waals surface area contributed by atoms with Crippen LogP contribution in [0.2, 0.25) is 0 Å². The van der Waals surface area contributed by atoms with Crippen LogP contribution < -0.4 is 10.1 Å². The first kappa shape index (κ1) is 21.7. The standard InChI is InChI=1S/C24H25NO4S/c26-23(18-30-17-21-12-7-15-28-21)22(14-13-19-8-3-1-4-9-19)25-24(27)16-29-20-10-5-2-6-11-20/h1-12,15,22H,13-14,16-18H2,(H,25,27)/t22-/m0/s1. The third kappa shape index (κ3) is 7.44. The fourth-order valence-corrected chi connectivity index (χ4v) is 3.79. The number of Topliss-reactive ketones (excluding diaryl/α,β-unsaturated/α-hetero) is 1. The molecule has 5 nitrogen and oxygen atoms in total. The largest absolute Gasteiger partial charge is 0.484 e. The van der Waals surface area contributed by atoms with E-state index >= 15 is 0 Å². The molecule has 0 aliphatic carbocycles. The summed E-state index contributed by atoms with van der Waals surface area (Å²) in [7, 11) is 0. The molecule has 0 bridgehead atoms. The molecule has 0 saturated heterocycles. The molecule has 3 aromatic rings. The number of ketones is 1. The van der Waals surface area contributed by atoms with Crippen LogP contribution in [0.5, 0.6) is 5.75 Å². The molecule has 156 valence electrons. The minimum Gasteiger partial charge on any atom is -0.484 e. The average Bonchev–Trinajstić information content (AvgIpc) is 3.30. The molecule has 0 radical (unpaired) electrons. The van der Waals surface area contributed by atoms with E-state index in [1.807, 2.05) is 60.7 Å². The number of furan rings is 1. The van der Waals surface area contributed by atoms with Crippen LogP contribution in [0.4, 0.5) is 0 Å². The monoisotopic (exact) mass is 423 g/mol. The van der Waals surface area contributed by atoms with E-state index in [9.17, 15) is 9.59 Å². The molecule has 0 aliphatic rings. The van der Waals surface area contributed by atoms with E-state index in [0.29, 0.717) is 30.1 Å². The number of carbonyl (C=O) groups is 2. The van der Waals surface area contributed by atoms with Gasteiger partial charge in [0.25, 0.3) is 5.91 Å². The second-order valence-corrected chi connectivity index (χ2v) is 7.77. The normalized spacial score (nSPS) is 11.6. The van der Waals surface area contributed by atoms with Gasteiger partial charge in [-0.3, -0.25) is 9.59 Å². The van der Waals surface area contributed by atoms with Crippen molar-refractivity contribution in [1.82, 2.24) is 5.32 Å². The van der Waals surface area contributed by atoms with E-state index in [1.165, 1.54) is 11.8 Å². The first-order chi connectivity index (χ1) is 14.7. The van der Waals surface area contributed by atoms with Gasteiger partial charge in [0.15, 0.2) is 12.4 Å². The number of hydrogen-bond donors (Lipinski definition) is 1. The van der Waals surface area contributed by atoms with Gasteiger partial charge in [-0.05, 0) is 42.7 Å². The van der Waals surface area contributed by atoms with E-state index < -0.39 is 6.04 Å². The van der Waals surface area contributed by atoms with Gasteiger partial charge in [-0.2, -0.15) is 0 Å². The summed E-state index contributed by atoms with van der Waals surface area (Å²) >= 11 is 1.48. The SMILES string of the molecule is O=C(COc1ccccc1)N[C@@H](CCc1ccccc1)C(=O)CSCc1ccco1. The fraction of sp³-hybridized carbons (Fsp3) is 0.250. The van der Waals surface area contributed by atoms with E-state index in [1.54, 1.807) is 18.4 Å². The second-order valence-electron chi connectivity index (χ2n) is 6.78. The smallest absolute Gasteiger partial charge is 0.258 e. The molecule has 0 saturated carbocycles. The molecule has 3 rings (SSSR count). The maximum absolute atomic E-state index is 12.8. The molecule has 0 fully saturated rings. The Bertz CT molecular complexity index is 897. The second kappa shape index (κ2) is 11.9. The third-order valence-corrected chi connectivity index (χ3v) is 5.45. The van der Waals surface area contributed by atoms with Gasteiger partial charge in [0.1, 0.15) is 11.5 Å². The van der Waals surface area contributed by atoms with E-state index in [-0.39, 0.29) is 18.3 Å². The average molecular weight is 424 g/mol. The minimum atomic E-state index is -0.554. The molecular formula is C24H25NO4S. The van der Waals surface area contributed by atoms with Gasteiger partial charge in [0.05, 0.1) is 23.8 Å². The van der Waals surface area contributed by atoms with Crippen LogP contribution in [-0.2, 0) is 21.8 Å². The van der Waals surface area contributed by atoms with Crippen molar-refractivity contribution in [3.05, 3.63) is 90.4 Å². The van der Waals surface area contributed by atoms with Crippen LogP contribution in [0.1, 0.15) is 17.7 Å². The predicted molar refractivity (Wildman–Crippen MR) is 119 cm³/mol. The number of nitrogens with one attached hydrogen (secondary N) is 1. The quantitative estimate of drug-likeness (QED) is 0.471. The van der Waals surface area contributed by atoms with Crippen molar-refractivity contribution in [1.29, 1.82) is 0 Å². The lowest BCUT2D eigenvalue weighted by Crippen LogP contribution is -2.44. The Kier molecular flexibility index (Phi) is 8.60. The summed E-state index contributed by atoms with van der Waals surface area (Å²) in [5.74, 6) is 2.06. The molecule has 0 spiro atoms. The molecule has 1 N–H and O–H groups in total. The molecule has 1 heterocycles. The van der Waals surface area contributed by atoms with Crippen molar-refractivity contribution in [3.63, 3.8) is 0 Å². The number of benzene rings is 2. The van der Waals surface area contributed by atoms with Gasteiger partial charge in [0, 0.05) is 0 Å². The summed E-state index contributed by atoms with van der Waals surface area (Å²) in [6.07, 6.45) is 2.87. The summed E-state index contributed by atoms with van der Waals surface area (Å²) in [4.78, 5) is 25.2. The molecular weight excluding hydrogens is 398 g/mol. The fourth-order valence-electron chi connectivity index (χ4n) is 2.92. The highest BCUT2D eigenvalue weighted by Gasteiger charge is 2.21. The Labute approximate surface area is 180 Å². The number of amides is 1. The first-order valence-corrected chi connectivity index (χ1v) is 11.0. The third-order valence-electron chi connectivity index (χ3n) is 4.47. The molecule has 1 atom stereocenters. The summed E-state index contributed by atoms with van der Waals surface area (Å²) in [5.41, 5.74) is 1.13. The van der Waals surface area contributed by atoms with E-state index in [0.717, 1.165) is 11.3 Å². The van der Waals surface area contributed by atoms with Crippen molar-refractivity contribution < 1.29 is 18.7 Å². The van der Waals surface area contributed by atoms with Crippen molar-refractivity contribution in [3.8, 4) is 5.75 Å². The Morgan fingerprint density at radius 3 is 2.40 bits per heavy atom. The van der Waals surface area contributed by atoms with Crippen LogP contribution in [0, 0.1) is 0 Å². The zero-order valence-corrected chi connectivity index (χ0v) is 17.5. The van der Waals surface area contributed by atoms with Crippen LogP contribution in [-0.4, -0.2) is 30.1 Å². The highest BCUT2D eigenvalue weighted by Crippen LogP contribution is 2.15. The topological polar surface area (TPSA) is 68.5 Å². The molecule has 1 amide bonds. The zero-order valence-electron chi connectivity index (χ0n) is 16.7. The maximum Gasteiger partial charge on any atom is 0.258 e. The first-order valence-electron chi connectivity index (χ1n) is 9.84. The number of hydrogen-bond acceptors (Lipinski definition) is 5. The van der Waals surface area contributed by atoms with Gasteiger partial charge in [-0.1, -0.05) is 48.5 Å². The summed E-state index contributed by atoms with van der Waals surface area (Å²) < 4.78 is 10.8. The van der Waals surface area contributed by atoms with Crippen LogP contribution in [0.3, 0.4) is 0 Å². The van der Waals surface area contributed by atoms with E-state index in [4.69, 9.17) is 9.15 Å². The summed E-state index contributed by atoms with van der Waals surface area (Å²) in [5, 5.41) is 2.85. The van der Waals surface area contributed by atoms with Crippen LogP contribution >= 0.6 is 11.8 Å². The minimum absolute atomic E-state index is 0.00412. The Balaban J connectivity index is 1.53. The summed E-state index contributed by atoms with van der Waals surface area (Å²) in [6.45, 7) is -0.126. The van der Waals surface area contributed by atoms with E-state index in [2.05, 4.69) is 5.32 Å². The van der Waals surface area contributed by atoms with Crippen LogP contribution in [0.15, 0.2) is 83.5 Å². The molecule has 6 heteroatoms. The lowest BCUT2D eigenvalue weighted by molar-refractivity contribution is -0.128. The van der Waals surface area contributed by atoms with Crippen molar-refractivity contribution >= 4 is 23.5 Å². The van der Waals surface area contributed by atoms with Gasteiger partial charge >= 0.3 is 0 Å². The number of aryl methyl sites for hydroxylation is 1. The van der Waals surface area contributed by atoms with Crippen LogP contribution in [0.25, 0.3) is 0 Å². The molecule has 30 heavy (non-hydrogen) atoms. The number of rotatable bonds is 12. The lowest BCUT2D eigenvalue weighted by atomic mass is 10.0. The van der Waals surface area contributed by atoms with Gasteiger partial charge in [0.2, 0.25) is 0 Å². The highest BCUT2D eigenvalue weighted by molar-refractivity contribution is 7.99. The molecule has 1 aromatic heterocycles. The Morgan fingerprint density at radius 1 is 0.967 bits per heavy atom. The van der Waals surface area contributed by atoms with Crippen molar-refractivity contribution in [2.45, 2.75) is 24.6 Å². The number of ether oxygens (including phenoxy) is 1. The molecule has 0 aliphatic heterocycles. The number of carbonyl (C=O) groups excluding carboxylic acids is 2. The summed E-state index contributed by atoms with van der Waals surface area (Å²) in [6, 6.07) is 22.2. The van der Waals surface area contributed by atoms with Crippen molar-refractivity contribution in [2.24, 2.45) is 0 Å². The Hall–Kier alpha value is -2.99. The lowest BCUT2D eigenvalue weighted by Gasteiger charge is -2.18. The number of thioether (sulfide) groups is 1. The van der Waals surface area contributed by atoms with Crippen molar-refractivity contribution in [2.75, 3.05) is 12.4 Å². The number of para-hydroxylation sites is 1. The maximum atomic E-state index is 12.8. The van der Waals surface area contributed by atoms with Gasteiger partial charge in [-0.15, -0.1) is 11.8 Å². The molecule has 0 unspecified atom stereocenters. The Morgan fingerprint density at radius 2 is 1.70 bits per heavy atom. The predicted octanol–water partition coefficient (Wildman–Crippen LogP) is 4.28. The molecule has 2 aromatic carbocycles. The van der Waals surface area contributed by atoms with Gasteiger partial charge in [-0.25, -0.2) is 0 Å².